The topological polar surface area (TPSA) is 63.6 Å². The molecule has 0 radical (unpaired) electrons. The second-order valence-corrected chi connectivity index (χ2v) is 9.98. The highest BCUT2D eigenvalue weighted by Crippen LogP contribution is 2.30. The van der Waals surface area contributed by atoms with Crippen LogP contribution in [0.15, 0.2) is 66.7 Å². The fraction of sp³-hybridized carbons (Fsp3) is 0.455. The Hall–Kier alpha value is -3.14. The van der Waals surface area contributed by atoms with Crippen molar-refractivity contribution in [3.05, 3.63) is 72.3 Å². The summed E-state index contributed by atoms with van der Waals surface area (Å²) in [4.78, 5) is 24.2. The van der Waals surface area contributed by atoms with Crippen molar-refractivity contribution in [1.82, 2.24) is 0 Å². The van der Waals surface area contributed by atoms with Crippen LogP contribution in [0.1, 0.15) is 101 Å². The summed E-state index contributed by atoms with van der Waals surface area (Å²) < 4.78 is 6.19. The van der Waals surface area contributed by atoms with Crippen LogP contribution in [-0.4, -0.2) is 23.1 Å². The number of unbranched alkanes of at least 4 members (excludes halogenated alkanes) is 8. The van der Waals surface area contributed by atoms with E-state index in [1.54, 1.807) is 0 Å². The molecule has 0 saturated heterocycles. The molecule has 3 rings (SSSR count). The van der Waals surface area contributed by atoms with E-state index in [4.69, 9.17) is 9.84 Å². The Labute approximate surface area is 221 Å². The number of rotatable bonds is 17. The number of aliphatic carboxylic acids is 1. The van der Waals surface area contributed by atoms with Gasteiger partial charge in [0.15, 0.2) is 0 Å². The van der Waals surface area contributed by atoms with Crippen LogP contribution in [0.3, 0.4) is 0 Å². The molecule has 0 saturated carbocycles. The van der Waals surface area contributed by atoms with Gasteiger partial charge in [0, 0.05) is 12.8 Å². The highest BCUT2D eigenvalue weighted by Gasteiger charge is 2.20. The van der Waals surface area contributed by atoms with E-state index in [1.807, 2.05) is 36.4 Å². The normalized spacial score (nSPS) is 12.4. The average Bonchev–Trinajstić information content (AvgIpc) is 2.90. The minimum atomic E-state index is -0.707. The molecule has 1 unspecified atom stereocenters. The van der Waals surface area contributed by atoms with Crippen molar-refractivity contribution in [2.24, 2.45) is 0 Å². The second kappa shape index (κ2) is 15.9. The van der Waals surface area contributed by atoms with Gasteiger partial charge < -0.3 is 9.84 Å². The van der Waals surface area contributed by atoms with Crippen molar-refractivity contribution in [3.8, 4) is 0 Å². The molecule has 0 aliphatic rings. The molecule has 198 valence electrons. The number of carbonyl (C=O) groups is 2. The molecular formula is C33H42O4. The lowest BCUT2D eigenvalue weighted by Crippen LogP contribution is -2.18. The molecule has 3 aromatic rings. The minimum Gasteiger partial charge on any atom is -0.481 e. The summed E-state index contributed by atoms with van der Waals surface area (Å²) in [5, 5.41) is 12.7. The van der Waals surface area contributed by atoms with Gasteiger partial charge in [0.2, 0.25) is 0 Å². The molecule has 3 aromatic carbocycles. The zero-order valence-electron chi connectivity index (χ0n) is 22.3. The lowest BCUT2D eigenvalue weighted by atomic mass is 9.96. The Bertz CT molecular complexity index is 1110. The third-order valence-corrected chi connectivity index (χ3v) is 6.96. The Kier molecular flexibility index (Phi) is 12.2. The molecular weight excluding hydrogens is 460 g/mol. The fourth-order valence-corrected chi connectivity index (χ4v) is 4.90. The molecule has 4 heteroatoms. The van der Waals surface area contributed by atoms with Crippen LogP contribution in [-0.2, 0) is 9.53 Å². The maximum atomic E-state index is 13.6. The molecule has 4 nitrogen and oxygen atoms in total. The van der Waals surface area contributed by atoms with Crippen molar-refractivity contribution in [3.63, 3.8) is 0 Å². The van der Waals surface area contributed by atoms with E-state index < -0.39 is 5.97 Å². The number of carbonyl (C=O) groups excluding carboxylic acids is 1. The van der Waals surface area contributed by atoms with Gasteiger partial charge in [-0.25, -0.2) is 4.79 Å². The van der Waals surface area contributed by atoms with Crippen LogP contribution >= 0.6 is 0 Å². The number of hydrogen-bond donors (Lipinski definition) is 1. The first-order chi connectivity index (χ1) is 18.1. The van der Waals surface area contributed by atoms with Gasteiger partial charge in [0.05, 0.1) is 5.56 Å². The predicted molar refractivity (Wildman–Crippen MR) is 153 cm³/mol. The standard InChI is InChI=1S/C33H42O4/c1-2-3-4-11-20-28(21-12-9-7-5-6-8-10-13-24-31(34)35)37-33(36)32-29-22-16-14-18-26(29)25-27-19-15-17-23-30(27)32/h9,12,14-19,22-23,25,28H,2-8,10-11,13,20-21,24H2,1H3,(H,34,35)/b12-9-. The molecule has 37 heavy (non-hydrogen) atoms. The van der Waals surface area contributed by atoms with E-state index in [-0.39, 0.29) is 18.5 Å². The van der Waals surface area contributed by atoms with Crippen molar-refractivity contribution >= 4 is 33.5 Å². The van der Waals surface area contributed by atoms with Crippen LogP contribution < -0.4 is 0 Å². The highest BCUT2D eigenvalue weighted by atomic mass is 16.5. The lowest BCUT2D eigenvalue weighted by molar-refractivity contribution is -0.137. The first kappa shape index (κ1) is 28.4. The van der Waals surface area contributed by atoms with E-state index in [2.05, 4.69) is 37.3 Å². The van der Waals surface area contributed by atoms with Crippen LogP contribution in [0, 0.1) is 0 Å². The number of benzene rings is 3. The second-order valence-electron chi connectivity index (χ2n) is 9.98. The van der Waals surface area contributed by atoms with E-state index in [0.717, 1.165) is 85.8 Å². The van der Waals surface area contributed by atoms with E-state index in [1.165, 1.54) is 12.8 Å². The molecule has 0 fully saturated rings. The fourth-order valence-electron chi connectivity index (χ4n) is 4.90. The summed E-state index contributed by atoms with van der Waals surface area (Å²) >= 11 is 0. The monoisotopic (exact) mass is 502 g/mol. The third-order valence-electron chi connectivity index (χ3n) is 6.96. The summed E-state index contributed by atoms with van der Waals surface area (Å²) in [6.07, 6.45) is 16.8. The molecule has 0 aromatic heterocycles. The Morgan fingerprint density at radius 2 is 1.43 bits per heavy atom. The van der Waals surface area contributed by atoms with Crippen LogP contribution in [0.5, 0.6) is 0 Å². The van der Waals surface area contributed by atoms with Gasteiger partial charge in [-0.05, 0) is 59.7 Å². The number of ether oxygens (including phenoxy) is 1. The maximum absolute atomic E-state index is 13.6. The number of fused-ring (bicyclic) bond motifs is 2. The molecule has 0 aliphatic heterocycles. The highest BCUT2D eigenvalue weighted by molar-refractivity contribution is 6.16. The predicted octanol–water partition coefficient (Wildman–Crippen LogP) is 9.25. The van der Waals surface area contributed by atoms with Crippen molar-refractivity contribution in [2.45, 2.75) is 96.5 Å². The van der Waals surface area contributed by atoms with Crippen molar-refractivity contribution in [2.75, 3.05) is 0 Å². The van der Waals surface area contributed by atoms with Gasteiger partial charge in [-0.1, -0.05) is 106 Å². The Balaban J connectivity index is 1.61. The number of carboxylic acid groups (broad SMARTS) is 1. The van der Waals surface area contributed by atoms with Crippen LogP contribution in [0.25, 0.3) is 21.5 Å². The summed E-state index contributed by atoms with van der Waals surface area (Å²) in [5.41, 5.74) is 0.666. The summed E-state index contributed by atoms with van der Waals surface area (Å²) in [5.74, 6) is -0.940. The molecule has 0 bridgehead atoms. The SMILES string of the molecule is CCCCCCC(C/C=C\CCCCCCCC(=O)O)OC(=O)c1c2ccccc2cc2ccccc12. The Morgan fingerprint density at radius 3 is 2.11 bits per heavy atom. The first-order valence-corrected chi connectivity index (χ1v) is 14.1. The summed E-state index contributed by atoms with van der Waals surface area (Å²) in [6.45, 7) is 2.21. The lowest BCUT2D eigenvalue weighted by Gasteiger charge is -2.18. The molecule has 1 N–H and O–H groups in total. The zero-order valence-corrected chi connectivity index (χ0v) is 22.3. The van der Waals surface area contributed by atoms with Gasteiger partial charge in [0.1, 0.15) is 6.10 Å². The average molecular weight is 503 g/mol. The number of esters is 1. The number of carboxylic acids is 1. The molecule has 0 heterocycles. The largest absolute Gasteiger partial charge is 0.481 e. The summed E-state index contributed by atoms with van der Waals surface area (Å²) in [6, 6.07) is 18.2. The van der Waals surface area contributed by atoms with Crippen LogP contribution in [0.4, 0.5) is 0 Å². The van der Waals surface area contributed by atoms with E-state index in [0.29, 0.717) is 5.56 Å². The quantitative estimate of drug-likeness (QED) is 0.0864. The molecule has 0 spiro atoms. The minimum absolute atomic E-state index is 0.130. The van der Waals surface area contributed by atoms with E-state index >= 15 is 0 Å². The van der Waals surface area contributed by atoms with Crippen LogP contribution in [0.2, 0.25) is 0 Å². The van der Waals surface area contributed by atoms with Gasteiger partial charge in [-0.3, -0.25) is 4.79 Å². The third kappa shape index (κ3) is 9.35. The first-order valence-electron chi connectivity index (χ1n) is 14.1. The van der Waals surface area contributed by atoms with Gasteiger partial charge in [-0.15, -0.1) is 0 Å². The summed E-state index contributed by atoms with van der Waals surface area (Å²) in [7, 11) is 0. The van der Waals surface area contributed by atoms with Gasteiger partial charge in [-0.2, -0.15) is 0 Å². The molecule has 1 atom stereocenters. The van der Waals surface area contributed by atoms with Crippen molar-refractivity contribution in [1.29, 1.82) is 0 Å². The number of hydrogen-bond acceptors (Lipinski definition) is 3. The Morgan fingerprint density at radius 1 is 0.811 bits per heavy atom. The number of allylic oxidation sites excluding steroid dienone is 1. The van der Waals surface area contributed by atoms with Gasteiger partial charge in [0.25, 0.3) is 0 Å². The zero-order chi connectivity index (χ0) is 26.3. The molecule has 0 amide bonds. The smallest absolute Gasteiger partial charge is 0.339 e. The van der Waals surface area contributed by atoms with Crippen molar-refractivity contribution < 1.29 is 19.4 Å². The van der Waals surface area contributed by atoms with E-state index in [9.17, 15) is 9.59 Å². The maximum Gasteiger partial charge on any atom is 0.339 e. The van der Waals surface area contributed by atoms with Gasteiger partial charge >= 0.3 is 11.9 Å². The molecule has 0 aliphatic carbocycles.